The van der Waals surface area contributed by atoms with Crippen molar-refractivity contribution in [3.63, 3.8) is 0 Å². The van der Waals surface area contributed by atoms with E-state index in [-0.39, 0.29) is 10.6 Å². The first-order valence-corrected chi connectivity index (χ1v) is 8.98. The summed E-state index contributed by atoms with van der Waals surface area (Å²) in [5, 5.41) is 10.7. The molecule has 3 rings (SSSR count). The third-order valence-electron chi connectivity index (χ3n) is 4.87. The van der Waals surface area contributed by atoms with Gasteiger partial charge in [-0.1, -0.05) is 18.2 Å². The predicted octanol–water partition coefficient (Wildman–Crippen LogP) is 2.93. The molecule has 0 N–H and O–H groups in total. The highest BCUT2D eigenvalue weighted by Gasteiger charge is 2.18. The van der Waals surface area contributed by atoms with E-state index in [0.717, 1.165) is 56.3 Å². The summed E-state index contributed by atoms with van der Waals surface area (Å²) in [5.74, 6) is 1.50. The van der Waals surface area contributed by atoms with Crippen molar-refractivity contribution in [1.82, 2.24) is 9.80 Å². The molecule has 0 unspecified atom stereocenters. The van der Waals surface area contributed by atoms with E-state index >= 15 is 0 Å². The molecule has 7 heteroatoms. The molecule has 7 nitrogen and oxygen atoms in total. The number of ether oxygens (including phenoxy) is 2. The number of nitrogens with zero attached hydrogens (tertiary/aromatic N) is 3. The van der Waals surface area contributed by atoms with E-state index in [9.17, 15) is 10.1 Å². The number of nitro groups is 1. The van der Waals surface area contributed by atoms with E-state index in [4.69, 9.17) is 9.47 Å². The quantitative estimate of drug-likeness (QED) is 0.551. The van der Waals surface area contributed by atoms with Crippen molar-refractivity contribution in [2.45, 2.75) is 13.1 Å². The van der Waals surface area contributed by atoms with Crippen LogP contribution in [0.25, 0.3) is 0 Å². The van der Waals surface area contributed by atoms with Crippen LogP contribution in [0, 0.1) is 10.1 Å². The Labute approximate surface area is 159 Å². The van der Waals surface area contributed by atoms with E-state index < -0.39 is 0 Å². The van der Waals surface area contributed by atoms with Gasteiger partial charge in [-0.2, -0.15) is 0 Å². The van der Waals surface area contributed by atoms with Gasteiger partial charge in [0.1, 0.15) is 0 Å². The molecule has 0 aliphatic carbocycles. The summed E-state index contributed by atoms with van der Waals surface area (Å²) in [6, 6.07) is 12.9. The fourth-order valence-electron chi connectivity index (χ4n) is 3.32. The summed E-state index contributed by atoms with van der Waals surface area (Å²) in [5.41, 5.74) is 2.45. The second kappa shape index (κ2) is 8.83. The Morgan fingerprint density at radius 2 is 1.37 bits per heavy atom. The number of benzene rings is 2. The zero-order chi connectivity index (χ0) is 19.2. The average molecular weight is 371 g/mol. The maximum atomic E-state index is 10.7. The van der Waals surface area contributed by atoms with Crippen LogP contribution in [0.15, 0.2) is 42.5 Å². The number of non-ortho nitro benzene ring substituents is 1. The first-order chi connectivity index (χ1) is 13.1. The van der Waals surface area contributed by atoms with Crippen LogP contribution in [0.2, 0.25) is 0 Å². The summed E-state index contributed by atoms with van der Waals surface area (Å²) < 4.78 is 10.7. The van der Waals surface area contributed by atoms with E-state index in [1.807, 2.05) is 24.3 Å². The Kier molecular flexibility index (Phi) is 6.26. The molecule has 0 amide bonds. The van der Waals surface area contributed by atoms with Gasteiger partial charge < -0.3 is 9.47 Å². The van der Waals surface area contributed by atoms with Gasteiger partial charge in [-0.3, -0.25) is 19.9 Å². The van der Waals surface area contributed by atoms with Crippen LogP contribution in [0.3, 0.4) is 0 Å². The van der Waals surface area contributed by atoms with E-state index in [1.165, 1.54) is 5.56 Å². The highest BCUT2D eigenvalue weighted by molar-refractivity contribution is 5.42. The molecule has 0 aromatic heterocycles. The Bertz CT molecular complexity index is 771. The molecular weight excluding hydrogens is 346 g/mol. The zero-order valence-electron chi connectivity index (χ0n) is 15.8. The molecular formula is C20H25N3O4. The molecule has 0 saturated carbocycles. The molecule has 0 radical (unpaired) electrons. The molecule has 0 bridgehead atoms. The molecule has 27 heavy (non-hydrogen) atoms. The standard InChI is InChI=1S/C20H25N3O4/c1-26-19-8-5-17(13-20(19)27-2)15-22-11-9-21(10-12-22)14-16-3-6-18(7-4-16)23(24)25/h3-8,13H,9-12,14-15H2,1-2H3. The normalized spacial score (nSPS) is 15.5. The Hall–Kier alpha value is -2.64. The molecule has 1 heterocycles. The van der Waals surface area contributed by atoms with Crippen LogP contribution >= 0.6 is 0 Å². The third kappa shape index (κ3) is 4.96. The molecule has 2 aromatic carbocycles. The summed E-state index contributed by atoms with van der Waals surface area (Å²) in [4.78, 5) is 15.2. The van der Waals surface area contributed by atoms with Crippen molar-refractivity contribution in [1.29, 1.82) is 0 Å². The second-order valence-corrected chi connectivity index (χ2v) is 6.67. The van der Waals surface area contributed by atoms with Gasteiger partial charge in [-0.05, 0) is 23.3 Å². The highest BCUT2D eigenvalue weighted by atomic mass is 16.6. The molecule has 1 fully saturated rings. The first kappa shape index (κ1) is 19.1. The largest absolute Gasteiger partial charge is 0.493 e. The van der Waals surface area contributed by atoms with Gasteiger partial charge in [0.25, 0.3) is 5.69 Å². The summed E-state index contributed by atoms with van der Waals surface area (Å²) in [6.45, 7) is 5.63. The van der Waals surface area contributed by atoms with Gasteiger partial charge in [0, 0.05) is 51.4 Å². The van der Waals surface area contributed by atoms with E-state index in [0.29, 0.717) is 0 Å². The van der Waals surface area contributed by atoms with Crippen molar-refractivity contribution in [2.75, 3.05) is 40.4 Å². The van der Waals surface area contributed by atoms with Crippen LogP contribution in [0.1, 0.15) is 11.1 Å². The zero-order valence-corrected chi connectivity index (χ0v) is 15.8. The van der Waals surface area contributed by atoms with Crippen LogP contribution in [0.4, 0.5) is 5.69 Å². The lowest BCUT2D eigenvalue weighted by atomic mass is 10.1. The fraction of sp³-hybridized carbons (Fsp3) is 0.400. The van der Waals surface area contributed by atoms with E-state index in [1.54, 1.807) is 26.4 Å². The number of rotatable bonds is 7. The molecule has 1 saturated heterocycles. The summed E-state index contributed by atoms with van der Waals surface area (Å²) in [7, 11) is 3.29. The van der Waals surface area contributed by atoms with Crippen LogP contribution in [-0.4, -0.2) is 55.1 Å². The van der Waals surface area contributed by atoms with Gasteiger partial charge in [-0.15, -0.1) is 0 Å². The Morgan fingerprint density at radius 3 is 1.89 bits per heavy atom. The molecule has 2 aromatic rings. The van der Waals surface area contributed by atoms with Crippen molar-refractivity contribution in [3.05, 3.63) is 63.7 Å². The minimum Gasteiger partial charge on any atom is -0.493 e. The SMILES string of the molecule is COc1ccc(CN2CCN(Cc3ccc([N+](=O)[O-])cc3)CC2)cc1OC. The first-order valence-electron chi connectivity index (χ1n) is 8.98. The fourth-order valence-corrected chi connectivity index (χ4v) is 3.32. The van der Waals surface area contributed by atoms with Crippen LogP contribution < -0.4 is 9.47 Å². The Morgan fingerprint density at radius 1 is 0.852 bits per heavy atom. The monoisotopic (exact) mass is 371 g/mol. The maximum absolute atomic E-state index is 10.7. The van der Waals surface area contributed by atoms with E-state index in [2.05, 4.69) is 15.9 Å². The smallest absolute Gasteiger partial charge is 0.269 e. The number of hydrogen-bond acceptors (Lipinski definition) is 6. The number of piperazine rings is 1. The van der Waals surface area contributed by atoms with Gasteiger partial charge in [0.2, 0.25) is 0 Å². The molecule has 0 atom stereocenters. The topological polar surface area (TPSA) is 68.1 Å². The lowest BCUT2D eigenvalue weighted by Gasteiger charge is -2.34. The molecule has 0 spiro atoms. The highest BCUT2D eigenvalue weighted by Crippen LogP contribution is 2.28. The van der Waals surface area contributed by atoms with Crippen molar-refractivity contribution < 1.29 is 14.4 Å². The summed E-state index contributed by atoms with van der Waals surface area (Å²) >= 11 is 0. The van der Waals surface area contributed by atoms with Gasteiger partial charge in [-0.25, -0.2) is 0 Å². The van der Waals surface area contributed by atoms with Gasteiger partial charge in [0.15, 0.2) is 11.5 Å². The number of hydrogen-bond donors (Lipinski definition) is 0. The van der Waals surface area contributed by atoms with Crippen molar-refractivity contribution >= 4 is 5.69 Å². The van der Waals surface area contributed by atoms with Gasteiger partial charge in [0.05, 0.1) is 19.1 Å². The second-order valence-electron chi connectivity index (χ2n) is 6.67. The molecule has 1 aliphatic heterocycles. The molecule has 144 valence electrons. The van der Waals surface area contributed by atoms with Gasteiger partial charge >= 0.3 is 0 Å². The predicted molar refractivity (Wildman–Crippen MR) is 103 cm³/mol. The number of nitro benzene ring substituents is 1. The minimum absolute atomic E-state index is 0.137. The maximum Gasteiger partial charge on any atom is 0.269 e. The minimum atomic E-state index is -0.364. The average Bonchev–Trinajstić information content (AvgIpc) is 2.69. The third-order valence-corrected chi connectivity index (χ3v) is 4.87. The lowest BCUT2D eigenvalue weighted by Crippen LogP contribution is -2.45. The molecule has 1 aliphatic rings. The lowest BCUT2D eigenvalue weighted by molar-refractivity contribution is -0.384. The van der Waals surface area contributed by atoms with Crippen LogP contribution in [-0.2, 0) is 13.1 Å². The Balaban J connectivity index is 1.51. The van der Waals surface area contributed by atoms with Crippen molar-refractivity contribution in [3.8, 4) is 11.5 Å². The van der Waals surface area contributed by atoms with Crippen LogP contribution in [0.5, 0.6) is 11.5 Å². The van der Waals surface area contributed by atoms with Crippen molar-refractivity contribution in [2.24, 2.45) is 0 Å². The number of methoxy groups -OCH3 is 2. The summed E-state index contributed by atoms with van der Waals surface area (Å²) in [6.07, 6.45) is 0.